The lowest BCUT2D eigenvalue weighted by molar-refractivity contribution is 0.0717. The largest absolute Gasteiger partial charge is 0.367 e. The maximum atomic E-state index is 8.76. The van der Waals surface area contributed by atoms with Crippen molar-refractivity contribution in [2.75, 3.05) is 18.4 Å². The van der Waals surface area contributed by atoms with Crippen LogP contribution in [0, 0.1) is 16.7 Å². The molecule has 1 aliphatic carbocycles. The van der Waals surface area contributed by atoms with Gasteiger partial charge in [-0.3, -0.25) is 0 Å². The minimum Gasteiger partial charge on any atom is -0.367 e. The second kappa shape index (κ2) is 4.54. The molecule has 1 aliphatic heterocycles. The number of hydrogen-bond acceptors (Lipinski definition) is 5. The first-order chi connectivity index (χ1) is 8.80. The van der Waals surface area contributed by atoms with Crippen molar-refractivity contribution < 1.29 is 0 Å². The van der Waals surface area contributed by atoms with Crippen LogP contribution in [0.3, 0.4) is 0 Å². The Morgan fingerprint density at radius 2 is 2.17 bits per heavy atom. The van der Waals surface area contributed by atoms with Crippen molar-refractivity contribution in [3.8, 4) is 6.07 Å². The van der Waals surface area contributed by atoms with Gasteiger partial charge in [0.1, 0.15) is 11.9 Å². The fraction of sp³-hybridized carbons (Fsp3) is 0.615. The zero-order valence-electron chi connectivity index (χ0n) is 10.3. The first-order valence-electron chi connectivity index (χ1n) is 6.50. The van der Waals surface area contributed by atoms with Crippen LogP contribution in [-0.2, 0) is 0 Å². The molecule has 3 rings (SSSR count). The first kappa shape index (κ1) is 11.4. The molecule has 0 radical (unpaired) electrons. The van der Waals surface area contributed by atoms with E-state index in [1.807, 2.05) is 12.1 Å². The van der Waals surface area contributed by atoms with Gasteiger partial charge in [-0.05, 0) is 50.3 Å². The van der Waals surface area contributed by atoms with E-state index in [1.165, 1.54) is 25.7 Å². The first-order valence-corrected chi connectivity index (χ1v) is 6.50. The van der Waals surface area contributed by atoms with Gasteiger partial charge in [0.2, 0.25) is 5.82 Å². The SMILES string of the molecule is N#Cc1nccc(NC2CC3(CCNCC3)C2)n1. The molecule has 18 heavy (non-hydrogen) atoms. The van der Waals surface area contributed by atoms with Crippen molar-refractivity contribution >= 4 is 5.82 Å². The second-order valence-corrected chi connectivity index (χ2v) is 5.38. The van der Waals surface area contributed by atoms with Gasteiger partial charge >= 0.3 is 0 Å². The minimum absolute atomic E-state index is 0.232. The lowest BCUT2D eigenvalue weighted by Crippen LogP contribution is -2.50. The summed E-state index contributed by atoms with van der Waals surface area (Å²) in [5.74, 6) is 1.01. The molecule has 2 aliphatic rings. The van der Waals surface area contributed by atoms with Gasteiger partial charge in [-0.15, -0.1) is 0 Å². The molecule has 1 aromatic rings. The van der Waals surface area contributed by atoms with Gasteiger partial charge in [0.25, 0.3) is 0 Å². The van der Waals surface area contributed by atoms with Crippen molar-refractivity contribution in [3.63, 3.8) is 0 Å². The van der Waals surface area contributed by atoms with Gasteiger partial charge in [0.15, 0.2) is 0 Å². The summed E-state index contributed by atoms with van der Waals surface area (Å²) >= 11 is 0. The van der Waals surface area contributed by atoms with Crippen LogP contribution in [0.4, 0.5) is 5.82 Å². The summed E-state index contributed by atoms with van der Waals surface area (Å²) < 4.78 is 0. The predicted molar refractivity (Wildman–Crippen MR) is 67.9 cm³/mol. The monoisotopic (exact) mass is 243 g/mol. The Morgan fingerprint density at radius 1 is 1.39 bits per heavy atom. The highest BCUT2D eigenvalue weighted by molar-refractivity contribution is 5.37. The molecule has 5 nitrogen and oxygen atoms in total. The topological polar surface area (TPSA) is 73.6 Å². The van der Waals surface area contributed by atoms with Gasteiger partial charge < -0.3 is 10.6 Å². The molecule has 2 heterocycles. The van der Waals surface area contributed by atoms with Crippen molar-refractivity contribution in [2.24, 2.45) is 5.41 Å². The number of nitrogens with zero attached hydrogens (tertiary/aromatic N) is 3. The van der Waals surface area contributed by atoms with Crippen molar-refractivity contribution in [3.05, 3.63) is 18.1 Å². The Kier molecular flexibility index (Phi) is 2.88. The highest BCUT2D eigenvalue weighted by Crippen LogP contribution is 2.48. The Morgan fingerprint density at radius 3 is 2.89 bits per heavy atom. The van der Waals surface area contributed by atoms with Gasteiger partial charge in [0.05, 0.1) is 0 Å². The standard InChI is InChI=1S/C13H17N5/c14-9-12-16-4-1-11(18-12)17-10-7-13(8-10)2-5-15-6-3-13/h1,4,10,15H,2-3,5-8H2,(H,16,17,18). The molecule has 1 saturated carbocycles. The van der Waals surface area contributed by atoms with Crippen LogP contribution < -0.4 is 10.6 Å². The number of rotatable bonds is 2. The number of nitrogens with one attached hydrogen (secondary N) is 2. The summed E-state index contributed by atoms with van der Waals surface area (Å²) in [6, 6.07) is 4.29. The summed E-state index contributed by atoms with van der Waals surface area (Å²) in [6.07, 6.45) is 6.66. The van der Waals surface area contributed by atoms with E-state index >= 15 is 0 Å². The van der Waals surface area contributed by atoms with Gasteiger partial charge in [-0.25, -0.2) is 9.97 Å². The van der Waals surface area contributed by atoms with Crippen LogP contribution in [0.1, 0.15) is 31.5 Å². The number of aromatic nitrogens is 2. The predicted octanol–water partition coefficient (Wildman–Crippen LogP) is 1.29. The molecule has 2 N–H and O–H groups in total. The summed E-state index contributed by atoms with van der Waals surface area (Å²) in [7, 11) is 0. The maximum absolute atomic E-state index is 8.76. The highest BCUT2D eigenvalue weighted by Gasteiger charge is 2.44. The van der Waals surface area contributed by atoms with Gasteiger partial charge in [-0.1, -0.05) is 0 Å². The molecule has 0 amide bonds. The maximum Gasteiger partial charge on any atom is 0.234 e. The normalized spacial score (nSPS) is 22.2. The van der Waals surface area contributed by atoms with Crippen LogP contribution in [0.5, 0.6) is 0 Å². The molecule has 1 spiro atoms. The van der Waals surface area contributed by atoms with E-state index in [1.54, 1.807) is 6.20 Å². The van der Waals surface area contributed by atoms with Crippen molar-refractivity contribution in [1.82, 2.24) is 15.3 Å². The quantitative estimate of drug-likeness (QED) is 0.819. The van der Waals surface area contributed by atoms with Crippen LogP contribution in [0.2, 0.25) is 0 Å². The molecule has 2 fully saturated rings. The minimum atomic E-state index is 0.232. The molecular formula is C13H17N5. The van der Waals surface area contributed by atoms with E-state index in [9.17, 15) is 0 Å². The van der Waals surface area contributed by atoms with Gasteiger partial charge in [-0.2, -0.15) is 5.26 Å². The molecule has 1 aromatic heterocycles. The Bertz CT molecular complexity index is 465. The van der Waals surface area contributed by atoms with E-state index in [0.29, 0.717) is 11.5 Å². The smallest absolute Gasteiger partial charge is 0.234 e. The third kappa shape index (κ3) is 2.16. The summed E-state index contributed by atoms with van der Waals surface area (Å²) in [5.41, 5.74) is 0.563. The fourth-order valence-corrected chi connectivity index (χ4v) is 3.16. The summed E-state index contributed by atoms with van der Waals surface area (Å²) in [6.45, 7) is 2.30. The lowest BCUT2D eigenvalue weighted by Gasteiger charge is -2.50. The summed E-state index contributed by atoms with van der Waals surface area (Å²) in [5, 5.41) is 15.6. The average molecular weight is 243 g/mol. The van der Waals surface area contributed by atoms with E-state index < -0.39 is 0 Å². The number of hydrogen-bond donors (Lipinski definition) is 2. The fourth-order valence-electron chi connectivity index (χ4n) is 3.16. The zero-order valence-corrected chi connectivity index (χ0v) is 10.3. The molecular weight excluding hydrogens is 226 g/mol. The number of piperidine rings is 1. The Labute approximate surface area is 107 Å². The van der Waals surface area contributed by atoms with Crippen LogP contribution in [0.25, 0.3) is 0 Å². The van der Waals surface area contributed by atoms with E-state index in [0.717, 1.165) is 18.9 Å². The average Bonchev–Trinajstić information content (AvgIpc) is 2.38. The molecule has 0 aromatic carbocycles. The van der Waals surface area contributed by atoms with E-state index in [2.05, 4.69) is 20.6 Å². The van der Waals surface area contributed by atoms with Gasteiger partial charge in [0, 0.05) is 12.2 Å². The Balaban J connectivity index is 1.57. The van der Waals surface area contributed by atoms with E-state index in [4.69, 9.17) is 5.26 Å². The molecule has 0 bridgehead atoms. The number of anilines is 1. The molecule has 94 valence electrons. The molecule has 0 atom stereocenters. The molecule has 5 heteroatoms. The van der Waals surface area contributed by atoms with Crippen LogP contribution >= 0.6 is 0 Å². The van der Waals surface area contributed by atoms with Crippen LogP contribution in [-0.4, -0.2) is 29.1 Å². The third-order valence-electron chi connectivity index (χ3n) is 4.13. The second-order valence-electron chi connectivity index (χ2n) is 5.38. The zero-order chi connectivity index (χ0) is 12.4. The Hall–Kier alpha value is -1.67. The summed E-state index contributed by atoms with van der Waals surface area (Å²) in [4.78, 5) is 8.02. The van der Waals surface area contributed by atoms with Crippen molar-refractivity contribution in [1.29, 1.82) is 5.26 Å². The number of nitriles is 1. The van der Waals surface area contributed by atoms with E-state index in [-0.39, 0.29) is 5.82 Å². The molecule has 1 saturated heterocycles. The lowest BCUT2D eigenvalue weighted by atomic mass is 9.60. The highest BCUT2D eigenvalue weighted by atomic mass is 15.1. The van der Waals surface area contributed by atoms with Crippen LogP contribution in [0.15, 0.2) is 12.3 Å². The molecule has 0 unspecified atom stereocenters. The third-order valence-corrected chi connectivity index (χ3v) is 4.13. The van der Waals surface area contributed by atoms with Crippen molar-refractivity contribution in [2.45, 2.75) is 31.7 Å².